The van der Waals surface area contributed by atoms with Crippen LogP contribution in [0.5, 0.6) is 0 Å². The van der Waals surface area contributed by atoms with Gasteiger partial charge in [0.05, 0.1) is 11.1 Å². The van der Waals surface area contributed by atoms with Crippen LogP contribution in [-0.4, -0.2) is 23.6 Å². The predicted molar refractivity (Wildman–Crippen MR) is 150 cm³/mol. The highest BCUT2D eigenvalue weighted by atomic mass is 33.1. The highest BCUT2D eigenvalue weighted by molar-refractivity contribution is 8.76. The molecule has 0 bridgehead atoms. The Morgan fingerprint density at radius 1 is 0.526 bits per heavy atom. The standard InChI is InChI=1S/C28H22N4O4S2/c29-25(33)21-15-19(31-27(35)17-7-3-1-4-8-17)11-13-23(21)37-38-24-14-12-20(16-22(24)26(30)34)32-28(36)18-9-5-2-6-10-18/h1-16H,(H2,29,33)(H2,30,34)(H,31,35)(H,32,36). The summed E-state index contributed by atoms with van der Waals surface area (Å²) in [7, 11) is 2.42. The number of hydrogen-bond donors (Lipinski definition) is 4. The lowest BCUT2D eigenvalue weighted by atomic mass is 10.1. The van der Waals surface area contributed by atoms with E-state index in [1.807, 2.05) is 12.1 Å². The maximum absolute atomic E-state index is 12.5. The molecule has 0 aromatic heterocycles. The van der Waals surface area contributed by atoms with Gasteiger partial charge in [0.25, 0.3) is 11.8 Å². The summed E-state index contributed by atoms with van der Waals surface area (Å²) in [6.07, 6.45) is 0. The molecule has 4 aromatic rings. The molecule has 0 unspecified atom stereocenters. The summed E-state index contributed by atoms with van der Waals surface area (Å²) < 4.78 is 0. The van der Waals surface area contributed by atoms with Gasteiger partial charge in [-0.25, -0.2) is 0 Å². The van der Waals surface area contributed by atoms with Crippen LogP contribution >= 0.6 is 21.6 Å². The predicted octanol–water partition coefficient (Wildman–Crippen LogP) is 5.19. The second-order valence-corrected chi connectivity index (χ2v) is 10.2. The van der Waals surface area contributed by atoms with Crippen molar-refractivity contribution in [1.29, 1.82) is 0 Å². The van der Waals surface area contributed by atoms with Gasteiger partial charge in [-0.05, 0) is 60.7 Å². The van der Waals surface area contributed by atoms with E-state index < -0.39 is 11.8 Å². The van der Waals surface area contributed by atoms with Gasteiger partial charge in [0.2, 0.25) is 11.8 Å². The van der Waals surface area contributed by atoms with Crippen molar-refractivity contribution in [3.05, 3.63) is 119 Å². The molecule has 190 valence electrons. The molecule has 4 amide bonds. The van der Waals surface area contributed by atoms with Crippen LogP contribution in [0, 0.1) is 0 Å². The Balaban J connectivity index is 1.49. The smallest absolute Gasteiger partial charge is 0.255 e. The van der Waals surface area contributed by atoms with E-state index >= 15 is 0 Å². The van der Waals surface area contributed by atoms with Crippen molar-refractivity contribution in [1.82, 2.24) is 0 Å². The number of anilines is 2. The number of hydrogen-bond acceptors (Lipinski definition) is 6. The van der Waals surface area contributed by atoms with E-state index in [0.717, 1.165) is 0 Å². The first-order valence-electron chi connectivity index (χ1n) is 11.3. The Bertz CT molecular complexity index is 1400. The molecule has 4 aromatic carbocycles. The fraction of sp³-hybridized carbons (Fsp3) is 0. The molecule has 38 heavy (non-hydrogen) atoms. The number of nitrogens with one attached hydrogen (secondary N) is 2. The molecule has 0 saturated heterocycles. The fourth-order valence-electron chi connectivity index (χ4n) is 3.42. The van der Waals surface area contributed by atoms with Gasteiger partial charge < -0.3 is 22.1 Å². The van der Waals surface area contributed by atoms with E-state index in [4.69, 9.17) is 11.5 Å². The third kappa shape index (κ3) is 6.61. The average Bonchev–Trinajstić information content (AvgIpc) is 2.93. The van der Waals surface area contributed by atoms with Crippen molar-refractivity contribution in [2.75, 3.05) is 10.6 Å². The molecule has 0 saturated carbocycles. The maximum atomic E-state index is 12.5. The third-order valence-corrected chi connectivity index (χ3v) is 7.78. The van der Waals surface area contributed by atoms with Crippen molar-refractivity contribution in [3.63, 3.8) is 0 Å². The van der Waals surface area contributed by atoms with E-state index in [-0.39, 0.29) is 22.9 Å². The van der Waals surface area contributed by atoms with Crippen LogP contribution in [0.4, 0.5) is 11.4 Å². The van der Waals surface area contributed by atoms with E-state index in [0.29, 0.717) is 32.3 Å². The van der Waals surface area contributed by atoms with Gasteiger partial charge in [-0.15, -0.1) is 0 Å². The summed E-state index contributed by atoms with van der Waals surface area (Å²) in [5.41, 5.74) is 13.4. The molecule has 6 N–H and O–H groups in total. The molecular weight excluding hydrogens is 520 g/mol. The summed E-state index contributed by atoms with van der Waals surface area (Å²) in [6, 6.07) is 27.0. The number of nitrogens with two attached hydrogens (primary N) is 2. The second-order valence-electron chi connectivity index (χ2n) is 7.96. The van der Waals surface area contributed by atoms with Crippen LogP contribution in [-0.2, 0) is 0 Å². The molecular formula is C28H22N4O4S2. The molecule has 0 fully saturated rings. The van der Waals surface area contributed by atoms with Gasteiger partial charge in [-0.3, -0.25) is 19.2 Å². The summed E-state index contributed by atoms with van der Waals surface area (Å²) in [5.74, 6) is -1.97. The quantitative estimate of drug-likeness (QED) is 0.214. The molecule has 0 spiro atoms. The Labute approximate surface area is 226 Å². The number of primary amides is 2. The van der Waals surface area contributed by atoms with Crippen LogP contribution in [0.1, 0.15) is 41.4 Å². The highest BCUT2D eigenvalue weighted by Gasteiger charge is 2.16. The number of benzene rings is 4. The summed E-state index contributed by atoms with van der Waals surface area (Å²) in [4.78, 5) is 50.3. The van der Waals surface area contributed by atoms with Gasteiger partial charge in [-0.2, -0.15) is 0 Å². The van der Waals surface area contributed by atoms with Gasteiger partial charge in [-0.1, -0.05) is 58.0 Å². The summed E-state index contributed by atoms with van der Waals surface area (Å²) >= 11 is 0. The fourth-order valence-corrected chi connectivity index (χ4v) is 5.76. The number of amides is 4. The maximum Gasteiger partial charge on any atom is 0.255 e. The van der Waals surface area contributed by atoms with Gasteiger partial charge >= 0.3 is 0 Å². The average molecular weight is 543 g/mol. The SMILES string of the molecule is NC(=O)c1cc(NC(=O)c2ccccc2)ccc1SSc1ccc(NC(=O)c2ccccc2)cc1C(N)=O. The minimum absolute atomic E-state index is 0.209. The van der Waals surface area contributed by atoms with E-state index in [1.165, 1.54) is 33.7 Å². The zero-order valence-corrected chi connectivity index (χ0v) is 21.5. The topological polar surface area (TPSA) is 144 Å². The second kappa shape index (κ2) is 12.1. The molecule has 4 rings (SSSR count). The first kappa shape index (κ1) is 26.5. The lowest BCUT2D eigenvalue weighted by Crippen LogP contribution is -2.15. The molecule has 0 aliphatic rings. The zero-order chi connectivity index (χ0) is 27.1. The molecule has 0 heterocycles. The van der Waals surface area contributed by atoms with E-state index in [1.54, 1.807) is 72.8 Å². The lowest BCUT2D eigenvalue weighted by Gasteiger charge is -2.12. The van der Waals surface area contributed by atoms with E-state index in [9.17, 15) is 19.2 Å². The first-order chi connectivity index (χ1) is 18.3. The Morgan fingerprint density at radius 3 is 1.24 bits per heavy atom. The minimum atomic E-state index is -0.669. The monoisotopic (exact) mass is 542 g/mol. The number of carbonyl (C=O) groups excluding carboxylic acids is 4. The van der Waals surface area contributed by atoms with Crippen molar-refractivity contribution in [2.45, 2.75) is 9.79 Å². The van der Waals surface area contributed by atoms with Crippen LogP contribution in [0.3, 0.4) is 0 Å². The van der Waals surface area contributed by atoms with Gasteiger partial charge in [0.1, 0.15) is 0 Å². The molecule has 0 atom stereocenters. The van der Waals surface area contributed by atoms with Crippen LogP contribution in [0.25, 0.3) is 0 Å². The molecule has 10 heteroatoms. The summed E-state index contributed by atoms with van der Waals surface area (Å²) in [5, 5.41) is 5.51. The number of rotatable bonds is 9. The first-order valence-corrected chi connectivity index (χ1v) is 13.4. The van der Waals surface area contributed by atoms with Gasteiger partial charge in [0.15, 0.2) is 0 Å². The largest absolute Gasteiger partial charge is 0.366 e. The Kier molecular flexibility index (Phi) is 8.47. The van der Waals surface area contributed by atoms with Crippen molar-refractivity contribution < 1.29 is 19.2 Å². The van der Waals surface area contributed by atoms with Crippen LogP contribution in [0.2, 0.25) is 0 Å². The highest BCUT2D eigenvalue weighted by Crippen LogP contribution is 2.41. The van der Waals surface area contributed by atoms with Crippen molar-refractivity contribution in [3.8, 4) is 0 Å². The Hall–Kier alpha value is -4.54. The normalized spacial score (nSPS) is 10.4. The Morgan fingerprint density at radius 2 is 0.895 bits per heavy atom. The van der Waals surface area contributed by atoms with Crippen LogP contribution < -0.4 is 22.1 Å². The zero-order valence-electron chi connectivity index (χ0n) is 19.8. The van der Waals surface area contributed by atoms with Crippen molar-refractivity contribution in [2.24, 2.45) is 11.5 Å². The van der Waals surface area contributed by atoms with Crippen molar-refractivity contribution >= 4 is 56.6 Å². The van der Waals surface area contributed by atoms with E-state index in [2.05, 4.69) is 10.6 Å². The lowest BCUT2D eigenvalue weighted by molar-refractivity contribution is 0.0989. The van der Waals surface area contributed by atoms with Gasteiger partial charge in [0, 0.05) is 32.3 Å². The number of carbonyl (C=O) groups is 4. The third-order valence-electron chi connectivity index (χ3n) is 5.30. The molecule has 0 aliphatic heterocycles. The summed E-state index contributed by atoms with van der Waals surface area (Å²) in [6.45, 7) is 0. The minimum Gasteiger partial charge on any atom is -0.366 e. The molecule has 0 aliphatic carbocycles. The van der Waals surface area contributed by atoms with Crippen LogP contribution in [0.15, 0.2) is 107 Å². The molecule has 8 nitrogen and oxygen atoms in total. The molecule has 0 radical (unpaired) electrons.